The van der Waals surface area contributed by atoms with Crippen LogP contribution >= 0.6 is 0 Å². The van der Waals surface area contributed by atoms with Crippen LogP contribution in [-0.2, 0) is 11.3 Å². The van der Waals surface area contributed by atoms with E-state index < -0.39 is 0 Å². The molecule has 2 aromatic carbocycles. The first-order chi connectivity index (χ1) is 15.1. The lowest BCUT2D eigenvalue weighted by atomic mass is 10.1. The van der Waals surface area contributed by atoms with Crippen LogP contribution in [0.3, 0.4) is 0 Å². The summed E-state index contributed by atoms with van der Waals surface area (Å²) in [5.74, 6) is 2.59. The Hall–Kier alpha value is -2.82. The molecule has 2 heterocycles. The van der Waals surface area contributed by atoms with E-state index in [-0.39, 0.29) is 5.92 Å². The molecule has 1 aliphatic heterocycles. The number of benzene rings is 2. The van der Waals surface area contributed by atoms with E-state index >= 15 is 0 Å². The molecule has 0 spiro atoms. The lowest BCUT2D eigenvalue weighted by Gasteiger charge is -2.17. The maximum Gasteiger partial charge on any atom is 0.223 e. The summed E-state index contributed by atoms with van der Waals surface area (Å²) in [4.78, 5) is 19.6. The molecule has 0 radical (unpaired) electrons. The minimum Gasteiger partial charge on any atom is -0.493 e. The number of nitrogens with zero attached hydrogens (tertiary/aromatic N) is 3. The first kappa shape index (κ1) is 20.1. The highest BCUT2D eigenvalue weighted by atomic mass is 16.5. The first-order valence-corrected chi connectivity index (χ1v) is 11.6. The highest BCUT2D eigenvalue weighted by molar-refractivity contribution is 5.81. The quantitative estimate of drug-likeness (QED) is 0.485. The molecule has 3 aromatic rings. The van der Waals surface area contributed by atoms with Crippen molar-refractivity contribution in [3.8, 4) is 5.75 Å². The van der Waals surface area contributed by atoms with Crippen LogP contribution in [0.5, 0.6) is 5.75 Å². The number of aromatic nitrogens is 2. The molecule has 31 heavy (non-hydrogen) atoms. The zero-order chi connectivity index (χ0) is 21.4. The molecule has 1 saturated heterocycles. The molecule has 1 aromatic heterocycles. The van der Waals surface area contributed by atoms with Crippen LogP contribution in [0.2, 0.25) is 0 Å². The number of hydrogen-bond acceptors (Lipinski definition) is 3. The molecule has 1 atom stereocenters. The molecule has 0 N–H and O–H groups in total. The van der Waals surface area contributed by atoms with E-state index in [1.807, 2.05) is 6.07 Å². The van der Waals surface area contributed by atoms with Crippen molar-refractivity contribution in [3.05, 3.63) is 59.4 Å². The molecule has 1 unspecified atom stereocenters. The van der Waals surface area contributed by atoms with Crippen molar-refractivity contribution < 1.29 is 9.53 Å². The number of fused-ring (bicyclic) bond motifs is 1. The fourth-order valence-electron chi connectivity index (χ4n) is 4.86. The Morgan fingerprint density at radius 1 is 1.03 bits per heavy atom. The summed E-state index contributed by atoms with van der Waals surface area (Å²) in [5, 5.41) is 0. The maximum absolute atomic E-state index is 12.5. The largest absolute Gasteiger partial charge is 0.493 e. The lowest BCUT2D eigenvalue weighted by Crippen LogP contribution is -2.27. The van der Waals surface area contributed by atoms with Gasteiger partial charge in [-0.3, -0.25) is 4.79 Å². The van der Waals surface area contributed by atoms with Gasteiger partial charge in [0.15, 0.2) is 0 Å². The summed E-state index contributed by atoms with van der Waals surface area (Å²) in [7, 11) is 0. The topological polar surface area (TPSA) is 47.4 Å². The number of aryl methyl sites for hydroxylation is 3. The van der Waals surface area contributed by atoms with Gasteiger partial charge >= 0.3 is 0 Å². The van der Waals surface area contributed by atoms with Crippen molar-refractivity contribution in [1.29, 1.82) is 0 Å². The van der Waals surface area contributed by atoms with Crippen LogP contribution in [0.25, 0.3) is 11.0 Å². The molecule has 162 valence electrons. The standard InChI is InChI=1S/C26H31N3O2/c1-18-8-7-9-19(2)25(18)31-15-6-5-14-28-23-11-4-3-10-22(23)27-26(28)20-16-24(30)29(17-20)21-12-13-21/h3-4,7-11,20-21H,5-6,12-17H2,1-2H3. The van der Waals surface area contributed by atoms with Gasteiger partial charge in [0.25, 0.3) is 0 Å². The van der Waals surface area contributed by atoms with Gasteiger partial charge in [-0.15, -0.1) is 0 Å². The number of para-hydroxylation sites is 3. The van der Waals surface area contributed by atoms with E-state index in [1.54, 1.807) is 0 Å². The molecule has 1 amide bonds. The van der Waals surface area contributed by atoms with E-state index in [0.717, 1.165) is 55.9 Å². The van der Waals surface area contributed by atoms with Crippen molar-refractivity contribution >= 4 is 16.9 Å². The van der Waals surface area contributed by atoms with Crippen molar-refractivity contribution in [3.63, 3.8) is 0 Å². The average molecular weight is 418 g/mol. The third-order valence-electron chi connectivity index (χ3n) is 6.63. The summed E-state index contributed by atoms with van der Waals surface area (Å²) < 4.78 is 8.44. The Morgan fingerprint density at radius 2 is 1.81 bits per heavy atom. The van der Waals surface area contributed by atoms with E-state index in [0.29, 0.717) is 25.0 Å². The van der Waals surface area contributed by atoms with Gasteiger partial charge in [0.1, 0.15) is 11.6 Å². The SMILES string of the molecule is Cc1cccc(C)c1OCCCCn1c(C2CC(=O)N(C3CC3)C2)nc2ccccc21. The van der Waals surface area contributed by atoms with Crippen LogP contribution in [0.1, 0.15) is 55.0 Å². The van der Waals surface area contributed by atoms with Gasteiger partial charge in [0, 0.05) is 31.5 Å². The van der Waals surface area contributed by atoms with Gasteiger partial charge < -0.3 is 14.2 Å². The summed E-state index contributed by atoms with van der Waals surface area (Å²) >= 11 is 0. The van der Waals surface area contributed by atoms with Crippen LogP contribution in [0, 0.1) is 13.8 Å². The Kier molecular flexibility index (Phi) is 5.43. The van der Waals surface area contributed by atoms with E-state index in [9.17, 15) is 4.79 Å². The van der Waals surface area contributed by atoms with Crippen molar-refractivity contribution in [2.75, 3.05) is 13.2 Å². The Bertz CT molecular complexity index is 1080. The van der Waals surface area contributed by atoms with Crippen molar-refractivity contribution in [2.24, 2.45) is 0 Å². The minimum absolute atomic E-state index is 0.200. The second-order valence-corrected chi connectivity index (χ2v) is 9.07. The highest BCUT2D eigenvalue weighted by Crippen LogP contribution is 2.37. The van der Waals surface area contributed by atoms with Crippen LogP contribution in [-0.4, -0.2) is 39.6 Å². The number of ether oxygens (including phenoxy) is 1. The normalized spacial score (nSPS) is 18.8. The second kappa shape index (κ2) is 8.37. The number of carbonyl (C=O) groups excluding carboxylic acids is 1. The Balaban J connectivity index is 1.27. The number of hydrogen-bond donors (Lipinski definition) is 0. The number of carbonyl (C=O) groups is 1. The minimum atomic E-state index is 0.200. The summed E-state index contributed by atoms with van der Waals surface area (Å²) in [6, 6.07) is 15.1. The van der Waals surface area contributed by atoms with Gasteiger partial charge in [0.2, 0.25) is 5.91 Å². The number of unbranched alkanes of at least 4 members (excludes halogenated alkanes) is 1. The third-order valence-corrected chi connectivity index (χ3v) is 6.63. The lowest BCUT2D eigenvalue weighted by molar-refractivity contribution is -0.128. The van der Waals surface area contributed by atoms with Gasteiger partial charge in [-0.2, -0.15) is 0 Å². The summed E-state index contributed by atoms with van der Waals surface area (Å²) in [5.41, 5.74) is 4.58. The molecule has 1 aliphatic carbocycles. The molecular formula is C26H31N3O2. The number of rotatable bonds is 8. The molecule has 5 nitrogen and oxygen atoms in total. The average Bonchev–Trinajstić information content (AvgIpc) is 3.43. The maximum atomic E-state index is 12.5. The van der Waals surface area contributed by atoms with Crippen LogP contribution in [0.4, 0.5) is 0 Å². The Labute approximate surface area is 184 Å². The molecule has 0 bridgehead atoms. The van der Waals surface area contributed by atoms with Gasteiger partial charge in [-0.1, -0.05) is 30.3 Å². The zero-order valence-corrected chi connectivity index (χ0v) is 18.5. The van der Waals surface area contributed by atoms with Gasteiger partial charge in [0.05, 0.1) is 17.6 Å². The van der Waals surface area contributed by atoms with Crippen LogP contribution < -0.4 is 4.74 Å². The molecular weight excluding hydrogens is 386 g/mol. The smallest absolute Gasteiger partial charge is 0.223 e. The predicted molar refractivity (Wildman–Crippen MR) is 122 cm³/mol. The fourth-order valence-corrected chi connectivity index (χ4v) is 4.86. The van der Waals surface area contributed by atoms with E-state index in [1.165, 1.54) is 16.6 Å². The van der Waals surface area contributed by atoms with E-state index in [4.69, 9.17) is 9.72 Å². The van der Waals surface area contributed by atoms with Gasteiger partial charge in [-0.05, 0) is 62.8 Å². The molecule has 5 heteroatoms. The van der Waals surface area contributed by atoms with Crippen molar-refractivity contribution in [1.82, 2.24) is 14.5 Å². The molecule has 2 fully saturated rings. The second-order valence-electron chi connectivity index (χ2n) is 9.07. The molecule has 2 aliphatic rings. The Morgan fingerprint density at radius 3 is 2.58 bits per heavy atom. The van der Waals surface area contributed by atoms with Crippen LogP contribution in [0.15, 0.2) is 42.5 Å². The monoisotopic (exact) mass is 417 g/mol. The first-order valence-electron chi connectivity index (χ1n) is 11.6. The van der Waals surface area contributed by atoms with Crippen molar-refractivity contribution in [2.45, 2.75) is 64.5 Å². The predicted octanol–water partition coefficient (Wildman–Crippen LogP) is 4.99. The number of likely N-dealkylation sites (tertiary alicyclic amines) is 1. The third kappa shape index (κ3) is 4.06. The molecule has 5 rings (SSSR count). The number of amides is 1. The molecule has 1 saturated carbocycles. The number of imidazole rings is 1. The fraction of sp³-hybridized carbons (Fsp3) is 0.462. The summed E-state index contributed by atoms with van der Waals surface area (Å²) in [6.45, 7) is 6.63. The zero-order valence-electron chi connectivity index (χ0n) is 18.5. The highest BCUT2D eigenvalue weighted by Gasteiger charge is 2.41. The van der Waals surface area contributed by atoms with Gasteiger partial charge in [-0.25, -0.2) is 4.98 Å². The summed E-state index contributed by atoms with van der Waals surface area (Å²) in [6.07, 6.45) is 4.92. The van der Waals surface area contributed by atoms with E-state index in [2.05, 4.69) is 59.7 Å².